The van der Waals surface area contributed by atoms with Crippen molar-refractivity contribution in [3.05, 3.63) is 35.9 Å². The van der Waals surface area contributed by atoms with Crippen LogP contribution in [0.4, 0.5) is 0 Å². The van der Waals surface area contributed by atoms with Gasteiger partial charge in [0.05, 0.1) is 0 Å². The molecule has 2 nitrogen and oxygen atoms in total. The minimum absolute atomic E-state index is 0.253. The number of benzene rings is 1. The van der Waals surface area contributed by atoms with Gasteiger partial charge >= 0.3 is 0 Å². The van der Waals surface area contributed by atoms with Crippen LogP contribution in [0.3, 0.4) is 0 Å². The van der Waals surface area contributed by atoms with Gasteiger partial charge < -0.3 is 4.90 Å². The average Bonchev–Trinajstić information content (AvgIpc) is 2.61. The molecule has 0 N–H and O–H groups in total. The van der Waals surface area contributed by atoms with Crippen LogP contribution in [-0.2, 0) is 4.79 Å². The lowest BCUT2D eigenvalue weighted by Crippen LogP contribution is -2.46. The van der Waals surface area contributed by atoms with Crippen molar-refractivity contribution >= 4 is 5.91 Å². The van der Waals surface area contributed by atoms with Gasteiger partial charge in [0.1, 0.15) is 0 Å². The summed E-state index contributed by atoms with van der Waals surface area (Å²) in [5.74, 6) is 3.10. The molecular weight excluding hydrogens is 294 g/mol. The maximum atomic E-state index is 13.3. The minimum Gasteiger partial charge on any atom is -0.342 e. The second-order valence-corrected chi connectivity index (χ2v) is 8.47. The van der Waals surface area contributed by atoms with E-state index in [0.29, 0.717) is 29.6 Å². The van der Waals surface area contributed by atoms with E-state index in [1.807, 2.05) is 0 Å². The van der Waals surface area contributed by atoms with E-state index in [0.717, 1.165) is 25.9 Å². The van der Waals surface area contributed by atoms with Crippen LogP contribution in [0.2, 0.25) is 0 Å². The van der Waals surface area contributed by atoms with Crippen LogP contribution in [0.25, 0.3) is 0 Å². The molecule has 2 fully saturated rings. The third-order valence-corrected chi connectivity index (χ3v) is 6.34. The van der Waals surface area contributed by atoms with Crippen molar-refractivity contribution in [2.75, 3.05) is 13.1 Å². The van der Waals surface area contributed by atoms with Gasteiger partial charge in [-0.1, -0.05) is 57.5 Å². The van der Waals surface area contributed by atoms with Gasteiger partial charge in [-0.15, -0.1) is 0 Å². The van der Waals surface area contributed by atoms with Crippen LogP contribution >= 0.6 is 0 Å². The summed E-state index contributed by atoms with van der Waals surface area (Å²) in [5.41, 5.74) is 1.40. The van der Waals surface area contributed by atoms with Gasteiger partial charge in [-0.25, -0.2) is 0 Å². The van der Waals surface area contributed by atoms with Gasteiger partial charge in [0.25, 0.3) is 0 Å². The zero-order valence-electron chi connectivity index (χ0n) is 15.6. The predicted molar refractivity (Wildman–Crippen MR) is 99.8 cm³/mol. The van der Waals surface area contributed by atoms with Crippen LogP contribution < -0.4 is 0 Å². The highest BCUT2D eigenvalue weighted by molar-refractivity contribution is 5.79. The molecule has 1 heterocycles. The van der Waals surface area contributed by atoms with Gasteiger partial charge in [-0.05, 0) is 49.0 Å². The lowest BCUT2D eigenvalue weighted by molar-refractivity contribution is -0.141. The molecule has 1 aliphatic heterocycles. The van der Waals surface area contributed by atoms with Crippen molar-refractivity contribution in [1.82, 2.24) is 4.90 Å². The Morgan fingerprint density at radius 1 is 1.12 bits per heavy atom. The maximum absolute atomic E-state index is 13.3. The fourth-order valence-corrected chi connectivity index (χ4v) is 4.90. The Morgan fingerprint density at radius 2 is 1.88 bits per heavy atom. The Hall–Kier alpha value is -1.31. The fraction of sp³-hybridized carbons (Fsp3) is 0.682. The summed E-state index contributed by atoms with van der Waals surface area (Å²) in [7, 11) is 0. The van der Waals surface area contributed by atoms with Gasteiger partial charge in [-0.3, -0.25) is 4.79 Å². The Morgan fingerprint density at radius 3 is 2.58 bits per heavy atom. The highest BCUT2D eigenvalue weighted by Gasteiger charge is 2.38. The van der Waals surface area contributed by atoms with Crippen molar-refractivity contribution in [3.63, 3.8) is 0 Å². The molecule has 1 amide bonds. The van der Waals surface area contributed by atoms with Crippen molar-refractivity contribution in [2.24, 2.45) is 23.7 Å². The first-order valence-corrected chi connectivity index (χ1v) is 9.90. The van der Waals surface area contributed by atoms with E-state index >= 15 is 0 Å². The molecule has 2 heteroatoms. The second-order valence-electron chi connectivity index (χ2n) is 8.47. The molecule has 0 radical (unpaired) electrons. The summed E-state index contributed by atoms with van der Waals surface area (Å²) in [5, 5.41) is 0. The SMILES string of the molecule is CC(C)[C@@H]1CC[C@@H](C)C[C@H]1C(=O)N1CCC[C@H](c2ccccc2)C1. The number of rotatable bonds is 3. The molecule has 0 unspecified atom stereocenters. The molecule has 2 aliphatic rings. The number of hydrogen-bond donors (Lipinski definition) is 0. The third-order valence-electron chi connectivity index (χ3n) is 6.34. The van der Waals surface area contributed by atoms with Crippen LogP contribution in [-0.4, -0.2) is 23.9 Å². The van der Waals surface area contributed by atoms with E-state index in [2.05, 4.69) is 56.0 Å². The fourth-order valence-electron chi connectivity index (χ4n) is 4.90. The van der Waals surface area contributed by atoms with E-state index in [1.54, 1.807) is 0 Å². The molecule has 1 saturated carbocycles. The molecule has 4 atom stereocenters. The first-order valence-electron chi connectivity index (χ1n) is 9.90. The number of hydrogen-bond acceptors (Lipinski definition) is 1. The lowest BCUT2D eigenvalue weighted by atomic mass is 9.69. The summed E-state index contributed by atoms with van der Waals surface area (Å²) in [6.07, 6.45) is 5.96. The highest BCUT2D eigenvalue weighted by Crippen LogP contribution is 2.40. The molecule has 24 heavy (non-hydrogen) atoms. The largest absolute Gasteiger partial charge is 0.342 e. The van der Waals surface area contributed by atoms with Gasteiger partial charge in [0.2, 0.25) is 5.91 Å². The van der Waals surface area contributed by atoms with Crippen LogP contribution in [0, 0.1) is 23.7 Å². The number of piperidine rings is 1. The normalized spacial score (nSPS) is 31.2. The number of amides is 1. The number of nitrogens with zero attached hydrogens (tertiary/aromatic N) is 1. The molecule has 0 aromatic heterocycles. The molecule has 0 spiro atoms. The molecule has 1 saturated heterocycles. The van der Waals surface area contributed by atoms with E-state index in [-0.39, 0.29) is 5.92 Å². The van der Waals surface area contributed by atoms with E-state index in [1.165, 1.54) is 24.8 Å². The molecule has 0 bridgehead atoms. The minimum atomic E-state index is 0.253. The lowest BCUT2D eigenvalue weighted by Gasteiger charge is -2.41. The third kappa shape index (κ3) is 3.84. The monoisotopic (exact) mass is 327 g/mol. The number of likely N-dealkylation sites (tertiary alicyclic amines) is 1. The summed E-state index contributed by atoms with van der Waals surface area (Å²) >= 11 is 0. The standard InChI is InChI=1S/C22H33NO/c1-16(2)20-12-11-17(3)14-21(20)22(24)23-13-7-10-19(15-23)18-8-5-4-6-9-18/h4-6,8-9,16-17,19-21H,7,10-15H2,1-3H3/t17-,19+,20+,21-/m1/s1. The topological polar surface area (TPSA) is 20.3 Å². The van der Waals surface area contributed by atoms with Crippen LogP contribution in [0.5, 0.6) is 0 Å². The quantitative estimate of drug-likeness (QED) is 0.756. The van der Waals surface area contributed by atoms with E-state index < -0.39 is 0 Å². The maximum Gasteiger partial charge on any atom is 0.225 e. The summed E-state index contributed by atoms with van der Waals surface area (Å²) in [6.45, 7) is 8.78. The smallest absolute Gasteiger partial charge is 0.225 e. The van der Waals surface area contributed by atoms with Crippen LogP contribution in [0.1, 0.15) is 64.4 Å². The van der Waals surface area contributed by atoms with Crippen LogP contribution in [0.15, 0.2) is 30.3 Å². The molecule has 1 aromatic carbocycles. The van der Waals surface area contributed by atoms with Gasteiger partial charge in [0, 0.05) is 24.9 Å². The molecule has 1 aromatic rings. The van der Waals surface area contributed by atoms with E-state index in [4.69, 9.17) is 0 Å². The molecule has 132 valence electrons. The van der Waals surface area contributed by atoms with Crippen molar-refractivity contribution in [2.45, 2.75) is 58.8 Å². The average molecular weight is 328 g/mol. The van der Waals surface area contributed by atoms with Gasteiger partial charge in [-0.2, -0.15) is 0 Å². The number of carbonyl (C=O) groups excluding carboxylic acids is 1. The van der Waals surface area contributed by atoms with E-state index in [9.17, 15) is 4.79 Å². The van der Waals surface area contributed by atoms with Crippen molar-refractivity contribution < 1.29 is 4.79 Å². The molecule has 1 aliphatic carbocycles. The number of carbonyl (C=O) groups is 1. The zero-order chi connectivity index (χ0) is 17.1. The Labute approximate surface area is 147 Å². The Balaban J connectivity index is 1.71. The molecule has 3 rings (SSSR count). The second kappa shape index (κ2) is 7.72. The Kier molecular flexibility index (Phi) is 5.63. The first-order chi connectivity index (χ1) is 11.6. The summed E-state index contributed by atoms with van der Waals surface area (Å²) < 4.78 is 0. The first kappa shape index (κ1) is 17.5. The highest BCUT2D eigenvalue weighted by atomic mass is 16.2. The zero-order valence-corrected chi connectivity index (χ0v) is 15.6. The van der Waals surface area contributed by atoms with Gasteiger partial charge in [0.15, 0.2) is 0 Å². The van der Waals surface area contributed by atoms with Crippen molar-refractivity contribution in [3.8, 4) is 0 Å². The Bertz CT molecular complexity index is 538. The summed E-state index contributed by atoms with van der Waals surface area (Å²) in [6, 6.07) is 10.8. The molecular formula is C22H33NO. The predicted octanol–water partition coefficient (Wildman–Crippen LogP) is 5.10. The van der Waals surface area contributed by atoms with Crippen molar-refractivity contribution in [1.29, 1.82) is 0 Å². The summed E-state index contributed by atoms with van der Waals surface area (Å²) in [4.78, 5) is 15.5.